The van der Waals surface area contributed by atoms with Gasteiger partial charge in [-0.15, -0.1) is 0 Å². The Balaban J connectivity index is 1.86. The monoisotopic (exact) mass is 352 g/mol. The molecule has 7 nitrogen and oxygen atoms in total. The SMILES string of the molecule is CC(Cc1ccccc1)NC(=O)C(C)O[C@H]1[C@H](O)[C@@H](CO)OC[C@H]1N. The molecule has 1 aromatic carbocycles. The van der Waals surface area contributed by atoms with Crippen molar-refractivity contribution in [2.45, 2.75) is 56.8 Å². The van der Waals surface area contributed by atoms with Gasteiger partial charge in [-0.25, -0.2) is 0 Å². The summed E-state index contributed by atoms with van der Waals surface area (Å²) in [5, 5.41) is 22.3. The molecule has 0 radical (unpaired) electrons. The highest BCUT2D eigenvalue weighted by molar-refractivity contribution is 5.80. The molecule has 6 atom stereocenters. The molecular formula is C18H28N2O5. The van der Waals surface area contributed by atoms with Gasteiger partial charge in [-0.2, -0.15) is 0 Å². The van der Waals surface area contributed by atoms with E-state index in [1.54, 1.807) is 6.92 Å². The van der Waals surface area contributed by atoms with E-state index >= 15 is 0 Å². The fourth-order valence-corrected chi connectivity index (χ4v) is 2.91. The van der Waals surface area contributed by atoms with Crippen LogP contribution in [0.25, 0.3) is 0 Å². The molecule has 0 aromatic heterocycles. The maximum atomic E-state index is 12.3. The van der Waals surface area contributed by atoms with Crippen molar-refractivity contribution in [3.63, 3.8) is 0 Å². The smallest absolute Gasteiger partial charge is 0.249 e. The average molecular weight is 352 g/mol. The topological polar surface area (TPSA) is 114 Å². The number of nitrogens with one attached hydrogen (secondary N) is 1. The van der Waals surface area contributed by atoms with Crippen molar-refractivity contribution in [1.29, 1.82) is 0 Å². The van der Waals surface area contributed by atoms with Crippen LogP contribution in [0, 0.1) is 0 Å². The second-order valence-electron chi connectivity index (χ2n) is 6.55. The van der Waals surface area contributed by atoms with E-state index in [-0.39, 0.29) is 25.2 Å². The minimum Gasteiger partial charge on any atom is -0.394 e. The van der Waals surface area contributed by atoms with E-state index in [4.69, 9.17) is 15.2 Å². The number of hydrogen-bond acceptors (Lipinski definition) is 6. The normalized spacial score (nSPS) is 29.0. The molecule has 1 aliphatic heterocycles. The average Bonchev–Trinajstić information content (AvgIpc) is 2.59. The summed E-state index contributed by atoms with van der Waals surface area (Å²) in [5.74, 6) is -0.269. The molecule has 0 spiro atoms. The van der Waals surface area contributed by atoms with Crippen molar-refractivity contribution in [3.05, 3.63) is 35.9 Å². The predicted octanol–water partition coefficient (Wildman–Crippen LogP) is -0.413. The number of aliphatic hydroxyl groups is 2. The van der Waals surface area contributed by atoms with Crippen LogP contribution in [0.4, 0.5) is 0 Å². The lowest BCUT2D eigenvalue weighted by molar-refractivity contribution is -0.188. The van der Waals surface area contributed by atoms with Crippen molar-refractivity contribution in [2.75, 3.05) is 13.2 Å². The number of carbonyl (C=O) groups excluding carboxylic acids is 1. The Morgan fingerprint density at radius 3 is 2.72 bits per heavy atom. The van der Waals surface area contributed by atoms with Crippen molar-refractivity contribution >= 4 is 5.91 Å². The Morgan fingerprint density at radius 1 is 1.40 bits per heavy atom. The molecular weight excluding hydrogens is 324 g/mol. The molecule has 1 heterocycles. The van der Waals surface area contributed by atoms with E-state index in [0.29, 0.717) is 6.42 Å². The maximum absolute atomic E-state index is 12.3. The van der Waals surface area contributed by atoms with Gasteiger partial charge in [0.1, 0.15) is 24.4 Å². The number of benzene rings is 1. The zero-order valence-electron chi connectivity index (χ0n) is 14.7. The van der Waals surface area contributed by atoms with E-state index in [9.17, 15) is 15.0 Å². The third kappa shape index (κ3) is 5.49. The van der Waals surface area contributed by atoms with Gasteiger partial charge in [0, 0.05) is 6.04 Å². The largest absolute Gasteiger partial charge is 0.394 e. The third-order valence-corrected chi connectivity index (χ3v) is 4.33. The van der Waals surface area contributed by atoms with E-state index in [2.05, 4.69) is 5.32 Å². The van der Waals surface area contributed by atoms with Crippen LogP contribution in [0.3, 0.4) is 0 Å². The first-order valence-electron chi connectivity index (χ1n) is 8.58. The Hall–Kier alpha value is -1.51. The summed E-state index contributed by atoms with van der Waals surface area (Å²) in [6.07, 6.45) is -2.66. The van der Waals surface area contributed by atoms with Crippen molar-refractivity contribution in [3.8, 4) is 0 Å². The number of hydrogen-bond donors (Lipinski definition) is 4. The van der Waals surface area contributed by atoms with Gasteiger partial charge in [-0.05, 0) is 25.8 Å². The zero-order valence-corrected chi connectivity index (χ0v) is 14.7. The molecule has 2 rings (SSSR count). The van der Waals surface area contributed by atoms with Crippen LogP contribution in [0.15, 0.2) is 30.3 Å². The van der Waals surface area contributed by atoms with Crippen LogP contribution >= 0.6 is 0 Å². The van der Waals surface area contributed by atoms with Crippen molar-refractivity contribution < 1.29 is 24.5 Å². The first kappa shape index (κ1) is 19.8. The van der Waals surface area contributed by atoms with Crippen LogP contribution < -0.4 is 11.1 Å². The second kappa shape index (κ2) is 9.26. The summed E-state index contributed by atoms with van der Waals surface area (Å²) in [7, 11) is 0. The highest BCUT2D eigenvalue weighted by Gasteiger charge is 2.40. The highest BCUT2D eigenvalue weighted by atomic mass is 16.6. The summed E-state index contributed by atoms with van der Waals surface area (Å²) in [4.78, 5) is 12.3. The Kier molecular flexibility index (Phi) is 7.34. The fraction of sp³-hybridized carbons (Fsp3) is 0.611. The molecule has 1 saturated heterocycles. The van der Waals surface area contributed by atoms with Gasteiger partial charge in [0.05, 0.1) is 19.3 Å². The third-order valence-electron chi connectivity index (χ3n) is 4.33. The van der Waals surface area contributed by atoms with Crippen LogP contribution in [0.5, 0.6) is 0 Å². The first-order valence-corrected chi connectivity index (χ1v) is 8.58. The second-order valence-corrected chi connectivity index (χ2v) is 6.55. The molecule has 0 aliphatic carbocycles. The van der Waals surface area contributed by atoms with Crippen molar-refractivity contribution in [1.82, 2.24) is 5.32 Å². The Morgan fingerprint density at radius 2 is 2.08 bits per heavy atom. The van der Waals surface area contributed by atoms with E-state index < -0.39 is 30.5 Å². The summed E-state index contributed by atoms with van der Waals surface area (Å²) in [5.41, 5.74) is 7.05. The predicted molar refractivity (Wildman–Crippen MR) is 92.9 cm³/mol. The summed E-state index contributed by atoms with van der Waals surface area (Å²) >= 11 is 0. The van der Waals surface area contributed by atoms with Gasteiger partial charge in [0.2, 0.25) is 5.91 Å². The van der Waals surface area contributed by atoms with Gasteiger partial charge in [0.15, 0.2) is 0 Å². The lowest BCUT2D eigenvalue weighted by atomic mass is 9.98. The molecule has 0 saturated carbocycles. The number of ether oxygens (including phenoxy) is 2. The zero-order chi connectivity index (χ0) is 18.4. The number of amides is 1. The number of rotatable bonds is 7. The molecule has 140 valence electrons. The van der Waals surface area contributed by atoms with E-state index in [1.165, 1.54) is 0 Å². The molecule has 1 aliphatic rings. The van der Waals surface area contributed by atoms with Crippen LogP contribution in [-0.4, -0.2) is 65.8 Å². The lowest BCUT2D eigenvalue weighted by Crippen LogP contribution is -2.60. The van der Waals surface area contributed by atoms with Crippen LogP contribution in [-0.2, 0) is 20.7 Å². The quantitative estimate of drug-likeness (QED) is 0.530. The Bertz CT molecular complexity index is 542. The van der Waals surface area contributed by atoms with Crippen LogP contribution in [0.2, 0.25) is 0 Å². The van der Waals surface area contributed by atoms with Gasteiger partial charge in [-0.1, -0.05) is 30.3 Å². The number of nitrogens with two attached hydrogens (primary N) is 1. The van der Waals surface area contributed by atoms with Gasteiger partial charge in [-0.3, -0.25) is 4.79 Å². The standard InChI is InChI=1S/C18H28N2O5/c1-11(8-13-6-4-3-5-7-13)20-18(23)12(2)25-17-14(19)10-24-15(9-21)16(17)22/h3-7,11-12,14-17,21-22H,8-10,19H2,1-2H3,(H,20,23)/t11?,12?,14-,15-,16-,17-/m1/s1. The molecule has 0 bridgehead atoms. The Labute approximate surface area is 148 Å². The molecule has 1 amide bonds. The molecule has 1 aromatic rings. The fourth-order valence-electron chi connectivity index (χ4n) is 2.91. The van der Waals surface area contributed by atoms with Crippen LogP contribution in [0.1, 0.15) is 19.4 Å². The minimum atomic E-state index is -1.08. The highest BCUT2D eigenvalue weighted by Crippen LogP contribution is 2.18. The number of carbonyl (C=O) groups is 1. The van der Waals surface area contributed by atoms with Gasteiger partial charge < -0.3 is 30.7 Å². The molecule has 5 N–H and O–H groups in total. The summed E-state index contributed by atoms with van der Waals surface area (Å²) in [6, 6.07) is 9.27. The first-order chi connectivity index (χ1) is 11.9. The molecule has 1 fully saturated rings. The maximum Gasteiger partial charge on any atom is 0.249 e. The summed E-state index contributed by atoms with van der Waals surface area (Å²) in [6.45, 7) is 3.37. The molecule has 7 heteroatoms. The number of aliphatic hydroxyl groups excluding tert-OH is 2. The van der Waals surface area contributed by atoms with E-state index in [1.807, 2.05) is 37.3 Å². The lowest BCUT2D eigenvalue weighted by Gasteiger charge is -2.39. The summed E-state index contributed by atoms with van der Waals surface area (Å²) < 4.78 is 10.9. The van der Waals surface area contributed by atoms with E-state index in [0.717, 1.165) is 5.56 Å². The molecule has 2 unspecified atom stereocenters. The minimum absolute atomic E-state index is 0.0561. The molecule has 25 heavy (non-hydrogen) atoms. The van der Waals surface area contributed by atoms with Crippen molar-refractivity contribution in [2.24, 2.45) is 5.73 Å². The van der Waals surface area contributed by atoms with Gasteiger partial charge >= 0.3 is 0 Å². The van der Waals surface area contributed by atoms with Gasteiger partial charge in [0.25, 0.3) is 0 Å².